The molecule has 0 spiro atoms. The summed E-state index contributed by atoms with van der Waals surface area (Å²) in [7, 11) is 0. The van der Waals surface area contributed by atoms with Gasteiger partial charge in [0.1, 0.15) is 12.4 Å². The molecule has 0 radical (unpaired) electrons. The summed E-state index contributed by atoms with van der Waals surface area (Å²) in [5, 5.41) is 0. The van der Waals surface area contributed by atoms with E-state index in [0.29, 0.717) is 37.3 Å². The van der Waals surface area contributed by atoms with Crippen LogP contribution in [0.5, 0.6) is 0 Å². The summed E-state index contributed by atoms with van der Waals surface area (Å²) in [5.74, 6) is 0.0717. The molecule has 1 heterocycles. The molecular weight excluding hydrogens is 254 g/mol. The van der Waals surface area contributed by atoms with Crippen molar-refractivity contribution in [2.75, 3.05) is 26.2 Å². The molecule has 0 unspecified atom stereocenters. The van der Waals surface area contributed by atoms with E-state index in [1.807, 2.05) is 32.0 Å². The number of ether oxygens (including phenoxy) is 1. The smallest absolute Gasteiger partial charge is 0.338 e. The number of hydrogen-bond acceptors (Lipinski definition) is 4. The SMILES string of the molecule is Cc1cccc(C)c1C(=O)OCCN1CCC(=O)CC1. The number of benzene rings is 1. The lowest BCUT2D eigenvalue weighted by molar-refractivity contribution is -0.121. The maximum absolute atomic E-state index is 12.1. The summed E-state index contributed by atoms with van der Waals surface area (Å²) in [6.45, 7) is 6.46. The van der Waals surface area contributed by atoms with Crippen molar-refractivity contribution in [3.8, 4) is 0 Å². The van der Waals surface area contributed by atoms with E-state index < -0.39 is 0 Å². The number of likely N-dealkylation sites (tertiary alicyclic amines) is 1. The van der Waals surface area contributed by atoms with Crippen LogP contribution in [0, 0.1) is 13.8 Å². The first-order valence-corrected chi connectivity index (χ1v) is 7.05. The van der Waals surface area contributed by atoms with Crippen molar-refractivity contribution in [1.29, 1.82) is 0 Å². The van der Waals surface area contributed by atoms with E-state index in [9.17, 15) is 9.59 Å². The zero-order chi connectivity index (χ0) is 14.5. The summed E-state index contributed by atoms with van der Waals surface area (Å²) in [6.07, 6.45) is 1.23. The van der Waals surface area contributed by atoms with Crippen LogP contribution in [0.2, 0.25) is 0 Å². The monoisotopic (exact) mass is 275 g/mol. The van der Waals surface area contributed by atoms with Crippen molar-refractivity contribution in [3.63, 3.8) is 0 Å². The molecule has 20 heavy (non-hydrogen) atoms. The molecule has 0 saturated carbocycles. The van der Waals surface area contributed by atoms with E-state index in [0.717, 1.165) is 24.2 Å². The number of hydrogen-bond donors (Lipinski definition) is 0. The van der Waals surface area contributed by atoms with Gasteiger partial charge in [-0.2, -0.15) is 0 Å². The fraction of sp³-hybridized carbons (Fsp3) is 0.500. The van der Waals surface area contributed by atoms with Crippen LogP contribution < -0.4 is 0 Å². The number of Topliss-reactive ketones (excluding diaryl/α,β-unsaturated/α-hetero) is 1. The number of piperidine rings is 1. The second-order valence-electron chi connectivity index (χ2n) is 5.28. The van der Waals surface area contributed by atoms with Gasteiger partial charge in [0.25, 0.3) is 0 Å². The van der Waals surface area contributed by atoms with E-state index in [-0.39, 0.29) is 5.97 Å². The molecule has 2 rings (SSSR count). The highest BCUT2D eigenvalue weighted by Gasteiger charge is 2.17. The van der Waals surface area contributed by atoms with Crippen LogP contribution in [-0.4, -0.2) is 42.9 Å². The van der Waals surface area contributed by atoms with Crippen molar-refractivity contribution in [2.45, 2.75) is 26.7 Å². The normalized spacial score (nSPS) is 16.2. The molecule has 1 aliphatic rings. The van der Waals surface area contributed by atoms with E-state index in [1.54, 1.807) is 0 Å². The lowest BCUT2D eigenvalue weighted by Gasteiger charge is -2.25. The van der Waals surface area contributed by atoms with Crippen LogP contribution in [0.3, 0.4) is 0 Å². The Kier molecular flexibility index (Phi) is 4.90. The van der Waals surface area contributed by atoms with Crippen molar-refractivity contribution < 1.29 is 14.3 Å². The number of esters is 1. The Morgan fingerprint density at radius 3 is 2.40 bits per heavy atom. The molecule has 4 heteroatoms. The minimum atomic E-state index is -0.256. The molecule has 108 valence electrons. The maximum atomic E-state index is 12.1. The molecule has 0 N–H and O–H groups in total. The van der Waals surface area contributed by atoms with E-state index in [1.165, 1.54) is 0 Å². The number of carbonyl (C=O) groups excluding carboxylic acids is 2. The van der Waals surface area contributed by atoms with Crippen molar-refractivity contribution in [2.24, 2.45) is 0 Å². The molecule has 0 aromatic heterocycles. The van der Waals surface area contributed by atoms with E-state index in [4.69, 9.17) is 4.74 Å². The first-order valence-electron chi connectivity index (χ1n) is 7.05. The molecule has 0 atom stereocenters. The second kappa shape index (κ2) is 6.66. The number of carbonyl (C=O) groups is 2. The minimum Gasteiger partial charge on any atom is -0.461 e. The third-order valence-corrected chi connectivity index (χ3v) is 3.74. The van der Waals surface area contributed by atoms with Gasteiger partial charge in [-0.25, -0.2) is 4.79 Å². The summed E-state index contributed by atoms with van der Waals surface area (Å²) in [6, 6.07) is 5.77. The Morgan fingerprint density at radius 1 is 1.20 bits per heavy atom. The zero-order valence-corrected chi connectivity index (χ0v) is 12.1. The summed E-state index contributed by atoms with van der Waals surface area (Å²) < 4.78 is 5.35. The summed E-state index contributed by atoms with van der Waals surface area (Å²) in [5.41, 5.74) is 2.55. The molecule has 1 aromatic carbocycles. The molecule has 0 bridgehead atoms. The topological polar surface area (TPSA) is 46.6 Å². The highest BCUT2D eigenvalue weighted by molar-refractivity contribution is 5.92. The first kappa shape index (κ1) is 14.7. The van der Waals surface area contributed by atoms with Gasteiger partial charge in [0.2, 0.25) is 0 Å². The van der Waals surface area contributed by atoms with Gasteiger partial charge < -0.3 is 4.74 Å². The van der Waals surface area contributed by atoms with Gasteiger partial charge in [-0.05, 0) is 25.0 Å². The van der Waals surface area contributed by atoms with Gasteiger partial charge in [0.05, 0.1) is 5.56 Å². The highest BCUT2D eigenvalue weighted by Crippen LogP contribution is 2.14. The lowest BCUT2D eigenvalue weighted by atomic mass is 10.0. The fourth-order valence-electron chi connectivity index (χ4n) is 2.50. The predicted molar refractivity (Wildman–Crippen MR) is 76.9 cm³/mol. The van der Waals surface area contributed by atoms with Crippen LogP contribution in [0.4, 0.5) is 0 Å². The zero-order valence-electron chi connectivity index (χ0n) is 12.1. The number of ketones is 1. The average molecular weight is 275 g/mol. The van der Waals surface area contributed by atoms with Crippen molar-refractivity contribution >= 4 is 11.8 Å². The van der Waals surface area contributed by atoms with Crippen LogP contribution in [0.1, 0.15) is 34.3 Å². The Labute approximate surface area is 119 Å². The van der Waals surface area contributed by atoms with Gasteiger partial charge in [-0.3, -0.25) is 9.69 Å². The summed E-state index contributed by atoms with van der Waals surface area (Å²) >= 11 is 0. The second-order valence-corrected chi connectivity index (χ2v) is 5.28. The van der Waals surface area contributed by atoms with Gasteiger partial charge in [0, 0.05) is 32.5 Å². The number of nitrogens with zero attached hydrogens (tertiary/aromatic N) is 1. The standard InChI is InChI=1S/C16H21NO3/c1-12-4-3-5-13(2)15(12)16(19)20-11-10-17-8-6-14(18)7-9-17/h3-5H,6-11H2,1-2H3. The Morgan fingerprint density at radius 2 is 1.80 bits per heavy atom. The first-order chi connectivity index (χ1) is 9.58. The van der Waals surface area contributed by atoms with E-state index >= 15 is 0 Å². The Balaban J connectivity index is 1.82. The highest BCUT2D eigenvalue weighted by atomic mass is 16.5. The van der Waals surface area contributed by atoms with Gasteiger partial charge in [-0.15, -0.1) is 0 Å². The molecule has 0 amide bonds. The van der Waals surface area contributed by atoms with Crippen LogP contribution in [0.25, 0.3) is 0 Å². The van der Waals surface area contributed by atoms with Crippen LogP contribution >= 0.6 is 0 Å². The third kappa shape index (κ3) is 3.67. The Hall–Kier alpha value is -1.68. The van der Waals surface area contributed by atoms with Crippen molar-refractivity contribution in [1.82, 2.24) is 4.90 Å². The predicted octanol–water partition coefficient (Wildman–Crippen LogP) is 2.13. The molecule has 1 aliphatic heterocycles. The quantitative estimate of drug-likeness (QED) is 0.790. The van der Waals surface area contributed by atoms with Crippen molar-refractivity contribution in [3.05, 3.63) is 34.9 Å². The average Bonchev–Trinajstić information content (AvgIpc) is 2.41. The fourth-order valence-corrected chi connectivity index (χ4v) is 2.50. The van der Waals surface area contributed by atoms with Gasteiger partial charge in [0.15, 0.2) is 0 Å². The maximum Gasteiger partial charge on any atom is 0.338 e. The van der Waals surface area contributed by atoms with Gasteiger partial charge >= 0.3 is 5.97 Å². The van der Waals surface area contributed by atoms with E-state index in [2.05, 4.69) is 4.90 Å². The largest absolute Gasteiger partial charge is 0.461 e. The molecule has 1 aromatic rings. The molecular formula is C16H21NO3. The number of aryl methyl sites for hydroxylation is 2. The minimum absolute atomic E-state index is 0.256. The lowest BCUT2D eigenvalue weighted by Crippen LogP contribution is -2.36. The van der Waals surface area contributed by atoms with Gasteiger partial charge in [-0.1, -0.05) is 18.2 Å². The summed E-state index contributed by atoms with van der Waals surface area (Å²) in [4.78, 5) is 25.4. The number of rotatable bonds is 4. The molecule has 1 saturated heterocycles. The molecule has 1 fully saturated rings. The third-order valence-electron chi connectivity index (χ3n) is 3.74. The Bertz CT molecular complexity index is 480. The van der Waals surface area contributed by atoms with Crippen LogP contribution in [-0.2, 0) is 9.53 Å². The molecule has 0 aliphatic carbocycles. The van der Waals surface area contributed by atoms with Crippen LogP contribution in [0.15, 0.2) is 18.2 Å². The molecule has 4 nitrogen and oxygen atoms in total.